The molecule has 1 N–H and O–H groups in total. The van der Waals surface area contributed by atoms with Gasteiger partial charge in [-0.1, -0.05) is 36.0 Å². The first kappa shape index (κ1) is 23.3. The number of rotatable bonds is 7. The summed E-state index contributed by atoms with van der Waals surface area (Å²) in [5.74, 6) is 0.323. The van der Waals surface area contributed by atoms with Gasteiger partial charge in [-0.25, -0.2) is 4.98 Å². The highest BCUT2D eigenvalue weighted by Crippen LogP contribution is 2.32. The maximum atomic E-state index is 11.7. The molecular weight excluding hydrogens is 450 g/mol. The Hall–Kier alpha value is -3.85. The molecule has 0 fully saturated rings. The molecule has 9 heteroatoms. The van der Waals surface area contributed by atoms with Gasteiger partial charge in [0.1, 0.15) is 23.4 Å². The van der Waals surface area contributed by atoms with Gasteiger partial charge in [-0.05, 0) is 24.3 Å². The molecule has 0 radical (unpaired) electrons. The van der Waals surface area contributed by atoms with E-state index in [-0.39, 0.29) is 0 Å². The standard InChI is InChI=1S/C25H25N5O3S/c1-29(2)18-9-5-16(6-10-18)23-24(17-7-11-19(12-8-17)30(3)4)27-28-25(26-23)34-15-20-13-21(31)22(32)14-33-20/h5-14,32H,15H2,1-4H3. The molecule has 0 aliphatic heterocycles. The Balaban J connectivity index is 1.70. The molecule has 0 amide bonds. The minimum Gasteiger partial charge on any atom is -0.502 e. The van der Waals surface area contributed by atoms with E-state index in [9.17, 15) is 9.90 Å². The Bertz CT molecular complexity index is 1340. The molecule has 0 aliphatic rings. The van der Waals surface area contributed by atoms with E-state index in [1.165, 1.54) is 17.8 Å². The first-order valence-electron chi connectivity index (χ1n) is 10.6. The van der Waals surface area contributed by atoms with Crippen LogP contribution in [0, 0.1) is 0 Å². The zero-order valence-corrected chi connectivity index (χ0v) is 20.2. The lowest BCUT2D eigenvalue weighted by atomic mass is 10.0. The van der Waals surface area contributed by atoms with Crippen molar-refractivity contribution in [3.8, 4) is 28.3 Å². The van der Waals surface area contributed by atoms with E-state index in [4.69, 9.17) is 9.40 Å². The van der Waals surface area contributed by atoms with Gasteiger partial charge in [0.25, 0.3) is 0 Å². The third kappa shape index (κ3) is 5.20. The maximum absolute atomic E-state index is 11.7. The monoisotopic (exact) mass is 475 g/mol. The van der Waals surface area contributed by atoms with Crippen LogP contribution in [-0.2, 0) is 5.75 Å². The molecule has 0 saturated heterocycles. The molecule has 8 nitrogen and oxygen atoms in total. The quantitative estimate of drug-likeness (QED) is 0.393. The summed E-state index contributed by atoms with van der Waals surface area (Å²) in [6.07, 6.45) is 1.04. The average Bonchev–Trinajstić information content (AvgIpc) is 2.84. The molecule has 0 spiro atoms. The van der Waals surface area contributed by atoms with Crippen molar-refractivity contribution in [1.82, 2.24) is 15.2 Å². The molecule has 2 aromatic heterocycles. The van der Waals surface area contributed by atoms with Gasteiger partial charge in [0.15, 0.2) is 5.75 Å². The van der Waals surface area contributed by atoms with Gasteiger partial charge in [0.05, 0.1) is 5.75 Å². The van der Waals surface area contributed by atoms with Crippen LogP contribution in [0.15, 0.2) is 75.2 Å². The summed E-state index contributed by atoms with van der Waals surface area (Å²) >= 11 is 1.30. The molecule has 4 aromatic rings. The van der Waals surface area contributed by atoms with Gasteiger partial charge in [-0.3, -0.25) is 4.79 Å². The van der Waals surface area contributed by atoms with Crippen molar-refractivity contribution in [2.45, 2.75) is 10.9 Å². The van der Waals surface area contributed by atoms with Crippen LogP contribution >= 0.6 is 11.8 Å². The van der Waals surface area contributed by atoms with Gasteiger partial charge in [-0.15, -0.1) is 10.2 Å². The molecule has 174 valence electrons. The lowest BCUT2D eigenvalue weighted by Crippen LogP contribution is -2.08. The number of hydrogen-bond donors (Lipinski definition) is 1. The smallest absolute Gasteiger partial charge is 0.226 e. The number of aromatic nitrogens is 3. The van der Waals surface area contributed by atoms with Crippen LogP contribution in [0.3, 0.4) is 0 Å². The second-order valence-electron chi connectivity index (χ2n) is 8.06. The highest BCUT2D eigenvalue weighted by molar-refractivity contribution is 7.98. The normalized spacial score (nSPS) is 10.8. The summed E-state index contributed by atoms with van der Waals surface area (Å²) in [6, 6.07) is 17.5. The molecule has 0 saturated carbocycles. The Morgan fingerprint density at radius 3 is 1.94 bits per heavy atom. The van der Waals surface area contributed by atoms with Crippen LogP contribution in [-0.4, -0.2) is 48.5 Å². The Labute approximate surface area is 201 Å². The second-order valence-corrected chi connectivity index (χ2v) is 9.00. The molecule has 2 aromatic carbocycles. The molecule has 34 heavy (non-hydrogen) atoms. The van der Waals surface area contributed by atoms with E-state index in [1.54, 1.807) is 0 Å². The third-order valence-electron chi connectivity index (χ3n) is 5.19. The summed E-state index contributed by atoms with van der Waals surface area (Å²) in [6.45, 7) is 0. The predicted molar refractivity (Wildman–Crippen MR) is 136 cm³/mol. The van der Waals surface area contributed by atoms with Crippen molar-refractivity contribution in [3.05, 3.63) is 76.8 Å². The van der Waals surface area contributed by atoms with Crippen molar-refractivity contribution in [2.24, 2.45) is 0 Å². The van der Waals surface area contributed by atoms with Crippen LogP contribution in [0.2, 0.25) is 0 Å². The van der Waals surface area contributed by atoms with Crippen molar-refractivity contribution in [1.29, 1.82) is 0 Å². The molecular formula is C25H25N5O3S. The number of nitrogens with zero attached hydrogens (tertiary/aromatic N) is 5. The fourth-order valence-corrected chi connectivity index (χ4v) is 3.94. The second kappa shape index (κ2) is 9.96. The lowest BCUT2D eigenvalue weighted by Gasteiger charge is -2.15. The van der Waals surface area contributed by atoms with Gasteiger partial charge in [0.2, 0.25) is 10.6 Å². The fourth-order valence-electron chi connectivity index (χ4n) is 3.26. The van der Waals surface area contributed by atoms with Crippen LogP contribution < -0.4 is 15.2 Å². The Morgan fingerprint density at radius 1 is 0.853 bits per heavy atom. The van der Waals surface area contributed by atoms with Gasteiger partial charge >= 0.3 is 0 Å². The van der Waals surface area contributed by atoms with Crippen molar-refractivity contribution < 1.29 is 9.52 Å². The van der Waals surface area contributed by atoms with E-state index >= 15 is 0 Å². The highest BCUT2D eigenvalue weighted by atomic mass is 32.2. The lowest BCUT2D eigenvalue weighted by molar-refractivity contribution is 0.419. The Kier molecular flexibility index (Phi) is 6.83. The topological polar surface area (TPSA) is 95.6 Å². The molecule has 4 rings (SSSR count). The highest BCUT2D eigenvalue weighted by Gasteiger charge is 2.15. The SMILES string of the molecule is CN(C)c1ccc(-c2nnc(SCc3cc(=O)c(O)co3)nc2-c2ccc(N(C)C)cc2)cc1. The number of thioether (sulfide) groups is 1. The van der Waals surface area contributed by atoms with Crippen LogP contribution in [0.5, 0.6) is 5.75 Å². The summed E-state index contributed by atoms with van der Waals surface area (Å²) in [5, 5.41) is 18.7. The summed E-state index contributed by atoms with van der Waals surface area (Å²) in [4.78, 5) is 20.5. The summed E-state index contributed by atoms with van der Waals surface area (Å²) < 4.78 is 5.28. The molecule has 0 bridgehead atoms. The van der Waals surface area contributed by atoms with E-state index in [1.807, 2.05) is 86.5 Å². The van der Waals surface area contributed by atoms with E-state index in [2.05, 4.69) is 10.2 Å². The maximum Gasteiger partial charge on any atom is 0.226 e. The summed E-state index contributed by atoms with van der Waals surface area (Å²) in [5.41, 5.74) is 4.92. The fraction of sp³-hybridized carbons (Fsp3) is 0.200. The zero-order chi connectivity index (χ0) is 24.2. The molecule has 0 unspecified atom stereocenters. The van der Waals surface area contributed by atoms with Crippen molar-refractivity contribution >= 4 is 23.1 Å². The Morgan fingerprint density at radius 2 is 1.41 bits per heavy atom. The third-order valence-corrected chi connectivity index (χ3v) is 6.05. The zero-order valence-electron chi connectivity index (χ0n) is 19.4. The molecule has 0 atom stereocenters. The van der Waals surface area contributed by atoms with Crippen LogP contribution in [0.1, 0.15) is 5.76 Å². The number of anilines is 2. The minimum atomic E-state index is -0.487. The number of aromatic hydroxyl groups is 1. The summed E-state index contributed by atoms with van der Waals surface area (Å²) in [7, 11) is 7.98. The molecule has 2 heterocycles. The van der Waals surface area contributed by atoms with E-state index in [0.29, 0.717) is 28.1 Å². The predicted octanol–water partition coefficient (Wildman–Crippen LogP) is 4.29. The van der Waals surface area contributed by atoms with Crippen LogP contribution in [0.4, 0.5) is 11.4 Å². The van der Waals surface area contributed by atoms with Gasteiger partial charge in [-0.2, -0.15) is 0 Å². The average molecular weight is 476 g/mol. The van der Waals surface area contributed by atoms with Gasteiger partial charge in [0, 0.05) is 56.8 Å². The van der Waals surface area contributed by atoms with Crippen LogP contribution in [0.25, 0.3) is 22.5 Å². The first-order valence-corrected chi connectivity index (χ1v) is 11.5. The first-order chi connectivity index (χ1) is 16.3. The van der Waals surface area contributed by atoms with Crippen molar-refractivity contribution in [2.75, 3.05) is 38.0 Å². The van der Waals surface area contributed by atoms with Gasteiger partial charge < -0.3 is 19.3 Å². The van der Waals surface area contributed by atoms with E-state index < -0.39 is 11.2 Å². The minimum absolute atomic E-state index is 0.326. The van der Waals surface area contributed by atoms with E-state index in [0.717, 1.165) is 28.8 Å². The van der Waals surface area contributed by atoms with Crippen molar-refractivity contribution in [3.63, 3.8) is 0 Å². The largest absolute Gasteiger partial charge is 0.502 e. The number of hydrogen-bond acceptors (Lipinski definition) is 9. The number of benzene rings is 2. The molecule has 0 aliphatic carbocycles.